The first kappa shape index (κ1) is 13.8. The third-order valence-corrected chi connectivity index (χ3v) is 3.11. The maximum Gasteiger partial charge on any atom is 0.254 e. The van der Waals surface area contributed by atoms with Crippen molar-refractivity contribution in [2.75, 3.05) is 5.73 Å². The Hall–Kier alpha value is -2.63. The van der Waals surface area contributed by atoms with E-state index in [9.17, 15) is 9.59 Å². The first-order valence-electron chi connectivity index (χ1n) is 6.08. The minimum Gasteiger partial charge on any atom is -0.383 e. The van der Waals surface area contributed by atoms with E-state index in [2.05, 4.69) is 10.3 Å². The Bertz CT molecular complexity index is 695. The molecule has 0 bridgehead atoms. The van der Waals surface area contributed by atoms with Crippen molar-refractivity contribution in [1.82, 2.24) is 10.3 Å². The van der Waals surface area contributed by atoms with Gasteiger partial charge in [-0.1, -0.05) is 24.3 Å². The number of fused-ring (bicyclic) bond motifs is 1. The molecule has 0 saturated heterocycles. The van der Waals surface area contributed by atoms with E-state index in [0.717, 1.165) is 0 Å². The summed E-state index contributed by atoms with van der Waals surface area (Å²) in [4.78, 5) is 27.6. The molecule has 0 aliphatic rings. The summed E-state index contributed by atoms with van der Waals surface area (Å²) in [5, 5.41) is 3.96. The Morgan fingerprint density at radius 2 is 1.80 bits per heavy atom. The number of anilines is 1. The fourth-order valence-corrected chi connectivity index (χ4v) is 1.81. The number of carbonyl (C=O) groups excluding carboxylic acids is 2. The smallest absolute Gasteiger partial charge is 0.254 e. The monoisotopic (exact) mass is 272 g/mol. The number of nitrogens with one attached hydrogen (secondary N) is 1. The quantitative estimate of drug-likeness (QED) is 0.767. The van der Waals surface area contributed by atoms with Crippen molar-refractivity contribution in [3.8, 4) is 0 Å². The number of rotatable bonds is 3. The molecule has 1 aromatic heterocycles. The zero-order valence-corrected chi connectivity index (χ0v) is 11.3. The minimum absolute atomic E-state index is 0.351. The predicted octanol–water partition coefficient (Wildman–Crippen LogP) is 0.811. The Kier molecular flexibility index (Phi) is 3.31. The molecule has 0 atom stereocenters. The zero-order chi connectivity index (χ0) is 14.9. The first-order valence-corrected chi connectivity index (χ1v) is 6.08. The number of nitrogen functional groups attached to an aromatic ring is 1. The van der Waals surface area contributed by atoms with Gasteiger partial charge in [0.05, 0.1) is 5.56 Å². The highest BCUT2D eigenvalue weighted by molar-refractivity contribution is 6.10. The molecule has 0 unspecified atom stereocenters. The van der Waals surface area contributed by atoms with Gasteiger partial charge in [-0.15, -0.1) is 0 Å². The maximum absolute atomic E-state index is 12.3. The lowest BCUT2D eigenvalue weighted by Crippen LogP contribution is -2.53. The second-order valence-electron chi connectivity index (χ2n) is 5.05. The normalized spacial score (nSPS) is 11.3. The highest BCUT2D eigenvalue weighted by Crippen LogP contribution is 2.22. The van der Waals surface area contributed by atoms with Crippen LogP contribution in [0.3, 0.4) is 0 Å². The van der Waals surface area contributed by atoms with E-state index in [4.69, 9.17) is 11.5 Å². The predicted molar refractivity (Wildman–Crippen MR) is 76.9 cm³/mol. The van der Waals surface area contributed by atoms with E-state index in [0.29, 0.717) is 22.2 Å². The summed E-state index contributed by atoms with van der Waals surface area (Å²) in [6.07, 6.45) is 1.39. The average Bonchev–Trinajstić information content (AvgIpc) is 2.38. The molecule has 0 aliphatic heterocycles. The number of hydrogen-bond donors (Lipinski definition) is 3. The molecular weight excluding hydrogens is 256 g/mol. The van der Waals surface area contributed by atoms with Gasteiger partial charge in [0.2, 0.25) is 5.91 Å². The van der Waals surface area contributed by atoms with Crippen molar-refractivity contribution in [3.05, 3.63) is 36.0 Å². The first-order chi connectivity index (χ1) is 9.33. The van der Waals surface area contributed by atoms with Crippen LogP contribution >= 0.6 is 0 Å². The summed E-state index contributed by atoms with van der Waals surface area (Å²) in [5.74, 6) is -0.678. The number of primary amides is 1. The summed E-state index contributed by atoms with van der Waals surface area (Å²) in [5.41, 5.74) is 10.2. The van der Waals surface area contributed by atoms with E-state index in [1.165, 1.54) is 6.20 Å². The SMILES string of the molecule is CC(C)(NC(=O)c1cnc(N)c2ccccc12)C(N)=O. The molecule has 0 aliphatic carbocycles. The van der Waals surface area contributed by atoms with Gasteiger partial charge in [0.25, 0.3) is 5.91 Å². The Morgan fingerprint density at radius 3 is 2.40 bits per heavy atom. The van der Waals surface area contributed by atoms with Crippen molar-refractivity contribution < 1.29 is 9.59 Å². The topological polar surface area (TPSA) is 111 Å². The molecule has 2 aromatic rings. The van der Waals surface area contributed by atoms with Crippen LogP contribution in [0.5, 0.6) is 0 Å². The fourth-order valence-electron chi connectivity index (χ4n) is 1.81. The van der Waals surface area contributed by atoms with Crippen LogP contribution in [-0.2, 0) is 4.79 Å². The molecule has 2 amide bonds. The summed E-state index contributed by atoms with van der Waals surface area (Å²) in [6.45, 7) is 3.08. The number of nitrogens with zero attached hydrogens (tertiary/aromatic N) is 1. The molecule has 0 fully saturated rings. The number of carbonyl (C=O) groups is 2. The molecule has 0 saturated carbocycles. The molecule has 6 heteroatoms. The summed E-state index contributed by atoms with van der Waals surface area (Å²) in [6, 6.07) is 7.18. The van der Waals surface area contributed by atoms with Crippen LogP contribution in [0.15, 0.2) is 30.5 Å². The van der Waals surface area contributed by atoms with E-state index < -0.39 is 17.4 Å². The van der Waals surface area contributed by atoms with Crippen LogP contribution in [-0.4, -0.2) is 22.3 Å². The van der Waals surface area contributed by atoms with Crippen LogP contribution in [0.25, 0.3) is 10.8 Å². The Morgan fingerprint density at radius 1 is 1.20 bits per heavy atom. The van der Waals surface area contributed by atoms with Crippen LogP contribution in [0.4, 0.5) is 5.82 Å². The van der Waals surface area contributed by atoms with Crippen LogP contribution < -0.4 is 16.8 Å². The lowest BCUT2D eigenvalue weighted by atomic mass is 10.0. The van der Waals surface area contributed by atoms with E-state index >= 15 is 0 Å². The molecule has 1 aromatic carbocycles. The molecule has 6 nitrogen and oxygen atoms in total. The van der Waals surface area contributed by atoms with Gasteiger partial charge in [0.1, 0.15) is 11.4 Å². The highest BCUT2D eigenvalue weighted by atomic mass is 16.2. The fraction of sp³-hybridized carbons (Fsp3) is 0.214. The lowest BCUT2D eigenvalue weighted by Gasteiger charge is -2.22. The summed E-state index contributed by atoms with van der Waals surface area (Å²) in [7, 11) is 0. The molecule has 5 N–H and O–H groups in total. The van der Waals surface area contributed by atoms with Gasteiger partial charge in [-0.3, -0.25) is 9.59 Å². The molecule has 0 spiro atoms. The van der Waals surface area contributed by atoms with Gasteiger partial charge < -0.3 is 16.8 Å². The summed E-state index contributed by atoms with van der Waals surface area (Å²) >= 11 is 0. The number of hydrogen-bond acceptors (Lipinski definition) is 4. The number of pyridine rings is 1. The lowest BCUT2D eigenvalue weighted by molar-refractivity contribution is -0.122. The second kappa shape index (κ2) is 4.80. The number of aromatic nitrogens is 1. The van der Waals surface area contributed by atoms with Crippen molar-refractivity contribution >= 4 is 28.4 Å². The minimum atomic E-state index is -1.14. The second-order valence-corrected chi connectivity index (χ2v) is 5.05. The largest absolute Gasteiger partial charge is 0.383 e. The molecule has 0 radical (unpaired) electrons. The Labute approximate surface area is 116 Å². The zero-order valence-electron chi connectivity index (χ0n) is 11.3. The standard InChI is InChI=1S/C14H16N4O2/c1-14(2,13(16)20)18-12(19)10-7-17-11(15)9-6-4-3-5-8(9)10/h3-7H,1-2H3,(H2,15,17)(H2,16,20)(H,18,19). The van der Waals surface area contributed by atoms with E-state index in [1.54, 1.807) is 32.0 Å². The van der Waals surface area contributed by atoms with Gasteiger partial charge in [-0.25, -0.2) is 4.98 Å². The third-order valence-electron chi connectivity index (χ3n) is 3.11. The van der Waals surface area contributed by atoms with Crippen molar-refractivity contribution in [2.45, 2.75) is 19.4 Å². The molecule has 104 valence electrons. The van der Waals surface area contributed by atoms with Gasteiger partial charge >= 0.3 is 0 Å². The number of amides is 2. The van der Waals surface area contributed by atoms with Gasteiger partial charge in [0, 0.05) is 11.6 Å². The molecule has 20 heavy (non-hydrogen) atoms. The van der Waals surface area contributed by atoms with Crippen molar-refractivity contribution in [3.63, 3.8) is 0 Å². The van der Waals surface area contributed by atoms with Crippen LogP contribution in [0, 0.1) is 0 Å². The highest BCUT2D eigenvalue weighted by Gasteiger charge is 2.28. The van der Waals surface area contributed by atoms with Gasteiger partial charge in [-0.05, 0) is 19.2 Å². The maximum atomic E-state index is 12.3. The Balaban J connectivity index is 2.46. The molecule has 2 rings (SSSR count). The number of nitrogens with two attached hydrogens (primary N) is 2. The van der Waals surface area contributed by atoms with Gasteiger partial charge in [0.15, 0.2) is 0 Å². The van der Waals surface area contributed by atoms with Crippen molar-refractivity contribution in [1.29, 1.82) is 0 Å². The van der Waals surface area contributed by atoms with Crippen LogP contribution in [0.2, 0.25) is 0 Å². The third kappa shape index (κ3) is 2.40. The van der Waals surface area contributed by atoms with Crippen LogP contribution in [0.1, 0.15) is 24.2 Å². The average molecular weight is 272 g/mol. The molecule has 1 heterocycles. The van der Waals surface area contributed by atoms with Gasteiger partial charge in [-0.2, -0.15) is 0 Å². The van der Waals surface area contributed by atoms with E-state index in [1.807, 2.05) is 6.07 Å². The summed E-state index contributed by atoms with van der Waals surface area (Å²) < 4.78 is 0. The van der Waals surface area contributed by atoms with E-state index in [-0.39, 0.29) is 0 Å². The van der Waals surface area contributed by atoms with Crippen molar-refractivity contribution in [2.24, 2.45) is 5.73 Å². The molecular formula is C14H16N4O2. The number of benzene rings is 1.